The highest BCUT2D eigenvalue weighted by Crippen LogP contribution is 2.48. The van der Waals surface area contributed by atoms with Crippen molar-refractivity contribution < 1.29 is 0 Å². The van der Waals surface area contributed by atoms with Crippen LogP contribution in [-0.4, -0.2) is 0 Å². The average Bonchev–Trinajstić information content (AvgIpc) is 2.55. The molecule has 0 unspecified atom stereocenters. The maximum absolute atomic E-state index is 9.25. The Balaban J connectivity index is 2.66. The second-order valence-electron chi connectivity index (χ2n) is 5.18. The van der Waals surface area contributed by atoms with Gasteiger partial charge in [-0.15, -0.1) is 11.3 Å². The van der Waals surface area contributed by atoms with Crippen LogP contribution in [-0.2, 0) is 11.8 Å². The highest BCUT2D eigenvalue weighted by Gasteiger charge is 2.39. The zero-order valence-electron chi connectivity index (χ0n) is 10.1. The minimum atomic E-state index is 0.132. The number of hydrogen-bond acceptors (Lipinski definition) is 3. The number of nitriles is 1. The van der Waals surface area contributed by atoms with Crippen molar-refractivity contribution in [1.29, 1.82) is 5.26 Å². The first-order valence-electron chi connectivity index (χ1n) is 5.82. The maximum Gasteiger partial charge on any atom is 0.104 e. The molecule has 86 valence electrons. The largest absolute Gasteiger partial charge is 0.389 e. The van der Waals surface area contributed by atoms with Crippen LogP contribution in [0.3, 0.4) is 0 Å². The zero-order valence-corrected chi connectivity index (χ0v) is 10.9. The molecule has 1 aliphatic rings. The van der Waals surface area contributed by atoms with Crippen molar-refractivity contribution in [2.24, 2.45) is 5.92 Å². The van der Waals surface area contributed by atoms with Gasteiger partial charge in [-0.25, -0.2) is 0 Å². The summed E-state index contributed by atoms with van der Waals surface area (Å²) in [5.41, 5.74) is 8.08. The van der Waals surface area contributed by atoms with Crippen LogP contribution in [0.5, 0.6) is 0 Å². The van der Waals surface area contributed by atoms with Gasteiger partial charge >= 0.3 is 0 Å². The lowest BCUT2D eigenvalue weighted by Crippen LogP contribution is -2.32. The van der Waals surface area contributed by atoms with Crippen molar-refractivity contribution in [1.82, 2.24) is 0 Å². The van der Waals surface area contributed by atoms with E-state index in [0.29, 0.717) is 10.9 Å². The Morgan fingerprint density at radius 3 is 2.75 bits per heavy atom. The van der Waals surface area contributed by atoms with Crippen LogP contribution < -0.4 is 5.73 Å². The molecule has 0 spiro atoms. The molecule has 2 rings (SSSR count). The van der Waals surface area contributed by atoms with E-state index >= 15 is 0 Å². The van der Waals surface area contributed by atoms with Crippen LogP contribution in [0.15, 0.2) is 0 Å². The molecular formula is C13H18N2S. The van der Waals surface area contributed by atoms with E-state index < -0.39 is 0 Å². The standard InChI is InChI=1S/C13H18N2S/c1-8(2)13(3)6-4-5-10-11(13)9(7-14)12(15)16-10/h8H,4-6,15H2,1-3H3/t13-/m0/s1. The van der Waals surface area contributed by atoms with E-state index in [1.807, 2.05) is 0 Å². The highest BCUT2D eigenvalue weighted by atomic mass is 32.1. The first-order chi connectivity index (χ1) is 7.50. The van der Waals surface area contributed by atoms with Gasteiger partial charge in [0.2, 0.25) is 0 Å². The normalized spacial score (nSPS) is 24.2. The predicted molar refractivity (Wildman–Crippen MR) is 68.6 cm³/mol. The summed E-state index contributed by atoms with van der Waals surface area (Å²) in [5.74, 6) is 0.549. The van der Waals surface area contributed by atoms with Crippen molar-refractivity contribution in [3.8, 4) is 6.07 Å². The summed E-state index contributed by atoms with van der Waals surface area (Å²) in [6.07, 6.45) is 3.48. The number of fused-ring (bicyclic) bond motifs is 1. The molecule has 0 saturated heterocycles. The lowest BCUT2D eigenvalue weighted by molar-refractivity contribution is 0.292. The second kappa shape index (κ2) is 3.78. The molecule has 1 aromatic rings. The van der Waals surface area contributed by atoms with Crippen LogP contribution in [0.25, 0.3) is 0 Å². The maximum atomic E-state index is 9.25. The van der Waals surface area contributed by atoms with Gasteiger partial charge in [0.25, 0.3) is 0 Å². The van der Waals surface area contributed by atoms with Crippen LogP contribution in [0.1, 0.15) is 49.6 Å². The summed E-state index contributed by atoms with van der Waals surface area (Å²) in [7, 11) is 0. The lowest BCUT2D eigenvalue weighted by Gasteiger charge is -2.38. The molecule has 0 fully saturated rings. The van der Waals surface area contributed by atoms with Gasteiger partial charge in [0.05, 0.1) is 5.56 Å². The minimum Gasteiger partial charge on any atom is -0.389 e. The minimum absolute atomic E-state index is 0.132. The van der Waals surface area contributed by atoms with E-state index in [2.05, 4.69) is 26.8 Å². The van der Waals surface area contributed by atoms with Gasteiger partial charge in [-0.1, -0.05) is 20.8 Å². The second-order valence-corrected chi connectivity index (χ2v) is 6.31. The van der Waals surface area contributed by atoms with Crippen molar-refractivity contribution >= 4 is 16.3 Å². The van der Waals surface area contributed by atoms with Crippen molar-refractivity contribution in [2.75, 3.05) is 5.73 Å². The number of nitrogens with zero attached hydrogens (tertiary/aromatic N) is 1. The molecule has 1 aromatic heterocycles. The first kappa shape index (κ1) is 11.5. The van der Waals surface area contributed by atoms with E-state index in [1.165, 1.54) is 23.3 Å². The summed E-state index contributed by atoms with van der Waals surface area (Å²) >= 11 is 1.62. The number of hydrogen-bond donors (Lipinski definition) is 1. The van der Waals surface area contributed by atoms with Crippen LogP contribution in [0.4, 0.5) is 5.00 Å². The summed E-state index contributed by atoms with van der Waals surface area (Å²) < 4.78 is 0. The number of nitrogens with two attached hydrogens (primary N) is 1. The third-order valence-corrected chi connectivity index (χ3v) is 5.14. The number of aryl methyl sites for hydroxylation is 1. The Bertz CT molecular complexity index is 453. The van der Waals surface area contributed by atoms with Crippen molar-refractivity contribution in [2.45, 2.75) is 45.4 Å². The third-order valence-electron chi connectivity index (χ3n) is 4.07. The summed E-state index contributed by atoms with van der Waals surface area (Å²) in [4.78, 5) is 1.34. The topological polar surface area (TPSA) is 49.8 Å². The molecule has 2 nitrogen and oxygen atoms in total. The summed E-state index contributed by atoms with van der Waals surface area (Å²) in [6, 6.07) is 2.30. The zero-order chi connectivity index (χ0) is 11.9. The molecule has 0 aliphatic heterocycles. The Morgan fingerprint density at radius 1 is 1.50 bits per heavy atom. The Morgan fingerprint density at radius 2 is 2.19 bits per heavy atom. The third kappa shape index (κ3) is 1.44. The molecule has 1 aliphatic carbocycles. The molecule has 0 bridgehead atoms. The molecule has 0 saturated carbocycles. The molecule has 0 aromatic carbocycles. The van der Waals surface area contributed by atoms with Crippen molar-refractivity contribution in [3.05, 3.63) is 16.0 Å². The number of thiophene rings is 1. The number of anilines is 1. The van der Waals surface area contributed by atoms with Crippen LogP contribution in [0.2, 0.25) is 0 Å². The van der Waals surface area contributed by atoms with E-state index in [1.54, 1.807) is 11.3 Å². The fourth-order valence-electron chi connectivity index (χ4n) is 2.71. The predicted octanol–water partition coefficient (Wildman–Crippen LogP) is 3.45. The molecule has 0 radical (unpaired) electrons. The summed E-state index contributed by atoms with van der Waals surface area (Å²) in [6.45, 7) is 6.76. The molecule has 1 atom stereocenters. The smallest absolute Gasteiger partial charge is 0.104 e. The van der Waals surface area contributed by atoms with Crippen LogP contribution >= 0.6 is 11.3 Å². The molecule has 3 heteroatoms. The molecular weight excluding hydrogens is 216 g/mol. The van der Waals surface area contributed by atoms with Gasteiger partial charge in [-0.3, -0.25) is 0 Å². The Kier molecular flexibility index (Phi) is 2.71. The van der Waals surface area contributed by atoms with E-state index in [9.17, 15) is 5.26 Å². The van der Waals surface area contributed by atoms with E-state index in [4.69, 9.17) is 5.73 Å². The van der Waals surface area contributed by atoms with Gasteiger partial charge < -0.3 is 5.73 Å². The fraction of sp³-hybridized carbons (Fsp3) is 0.615. The van der Waals surface area contributed by atoms with Crippen LogP contribution in [0, 0.1) is 17.2 Å². The Labute approximate surface area is 101 Å². The van der Waals surface area contributed by atoms with Gasteiger partial charge in [0.15, 0.2) is 0 Å². The molecule has 2 N–H and O–H groups in total. The Hall–Kier alpha value is -1.01. The molecule has 1 heterocycles. The molecule has 16 heavy (non-hydrogen) atoms. The SMILES string of the molecule is CC(C)[C@]1(C)CCCc2sc(N)c(C#N)c21. The van der Waals surface area contributed by atoms with Gasteiger partial charge in [-0.2, -0.15) is 5.26 Å². The number of rotatable bonds is 1. The van der Waals surface area contributed by atoms with E-state index in [0.717, 1.165) is 12.0 Å². The van der Waals surface area contributed by atoms with Gasteiger partial charge in [-0.05, 0) is 36.2 Å². The molecule has 0 amide bonds. The van der Waals surface area contributed by atoms with Gasteiger partial charge in [0, 0.05) is 4.88 Å². The average molecular weight is 234 g/mol. The highest BCUT2D eigenvalue weighted by molar-refractivity contribution is 7.16. The van der Waals surface area contributed by atoms with Crippen molar-refractivity contribution in [3.63, 3.8) is 0 Å². The first-order valence-corrected chi connectivity index (χ1v) is 6.64. The van der Waals surface area contributed by atoms with E-state index in [-0.39, 0.29) is 5.41 Å². The monoisotopic (exact) mass is 234 g/mol. The lowest BCUT2D eigenvalue weighted by atomic mass is 9.66. The van der Waals surface area contributed by atoms with Gasteiger partial charge in [0.1, 0.15) is 11.1 Å². The summed E-state index contributed by atoms with van der Waals surface area (Å²) in [5, 5.41) is 9.96. The number of nitrogen functional groups attached to an aromatic ring is 1. The quantitative estimate of drug-likeness (QED) is 0.809. The fourth-order valence-corrected chi connectivity index (χ4v) is 3.91.